The van der Waals surface area contributed by atoms with Gasteiger partial charge in [0, 0.05) is 13.2 Å². The summed E-state index contributed by atoms with van der Waals surface area (Å²) >= 11 is 0. The lowest BCUT2D eigenvalue weighted by Gasteiger charge is -2.06. The van der Waals surface area contributed by atoms with Crippen LogP contribution in [-0.4, -0.2) is 23.4 Å². The van der Waals surface area contributed by atoms with E-state index in [1.54, 1.807) is 0 Å². The summed E-state index contributed by atoms with van der Waals surface area (Å²) < 4.78 is 0. The number of rotatable bonds is 4. The van der Waals surface area contributed by atoms with Crippen molar-refractivity contribution in [2.45, 2.75) is 19.8 Å². The zero-order valence-corrected chi connectivity index (χ0v) is 5.30. The topological polar surface area (TPSA) is 40.5 Å². The Labute approximate surface area is 50.2 Å². The van der Waals surface area contributed by atoms with Crippen molar-refractivity contribution < 1.29 is 10.2 Å². The van der Waals surface area contributed by atoms with Crippen molar-refractivity contribution in [2.75, 3.05) is 13.2 Å². The Morgan fingerprint density at radius 1 is 1.38 bits per heavy atom. The second kappa shape index (κ2) is 5.06. The molecule has 2 nitrogen and oxygen atoms in total. The summed E-state index contributed by atoms with van der Waals surface area (Å²) in [4.78, 5) is 0. The van der Waals surface area contributed by atoms with Crippen LogP contribution in [0.2, 0.25) is 0 Å². The first-order valence-electron chi connectivity index (χ1n) is 3.06. The second-order valence-electron chi connectivity index (χ2n) is 1.97. The molecule has 0 heterocycles. The molecule has 0 radical (unpaired) electrons. The summed E-state index contributed by atoms with van der Waals surface area (Å²) in [5.74, 6) is 0.306. The first-order chi connectivity index (χ1) is 3.85. The smallest absolute Gasteiger partial charge is 0.0460 e. The largest absolute Gasteiger partial charge is 0.396 e. The van der Waals surface area contributed by atoms with E-state index in [4.69, 9.17) is 10.2 Å². The molecule has 0 bridgehead atoms. The first-order valence-corrected chi connectivity index (χ1v) is 3.06. The molecule has 2 heteroatoms. The molecule has 0 aliphatic carbocycles. The van der Waals surface area contributed by atoms with Crippen LogP contribution in [-0.2, 0) is 0 Å². The van der Waals surface area contributed by atoms with Crippen molar-refractivity contribution in [1.29, 1.82) is 0 Å². The Bertz CT molecular complexity index is 41.8. The van der Waals surface area contributed by atoms with E-state index in [0.717, 1.165) is 12.8 Å². The molecule has 50 valence electrons. The van der Waals surface area contributed by atoms with Crippen LogP contribution in [0.3, 0.4) is 0 Å². The normalized spacial score (nSPS) is 13.9. The van der Waals surface area contributed by atoms with Gasteiger partial charge in [0.05, 0.1) is 0 Å². The zero-order valence-electron chi connectivity index (χ0n) is 5.30. The lowest BCUT2D eigenvalue weighted by atomic mass is 10.1. The highest BCUT2D eigenvalue weighted by molar-refractivity contribution is 4.52. The lowest BCUT2D eigenvalue weighted by molar-refractivity contribution is 0.180. The van der Waals surface area contributed by atoms with E-state index >= 15 is 0 Å². The summed E-state index contributed by atoms with van der Waals surface area (Å²) in [7, 11) is 0. The molecule has 0 spiro atoms. The Hall–Kier alpha value is -0.0800. The molecule has 2 N–H and O–H groups in total. The summed E-state index contributed by atoms with van der Waals surface area (Å²) in [5.41, 5.74) is 0. The van der Waals surface area contributed by atoms with Crippen LogP contribution in [0.1, 0.15) is 19.8 Å². The van der Waals surface area contributed by atoms with E-state index in [0.29, 0.717) is 5.92 Å². The van der Waals surface area contributed by atoms with Crippen molar-refractivity contribution >= 4 is 0 Å². The van der Waals surface area contributed by atoms with Gasteiger partial charge >= 0.3 is 0 Å². The van der Waals surface area contributed by atoms with Crippen molar-refractivity contribution in [1.82, 2.24) is 0 Å². The Morgan fingerprint density at radius 2 is 2.00 bits per heavy atom. The Morgan fingerprint density at radius 3 is 2.12 bits per heavy atom. The van der Waals surface area contributed by atoms with Crippen molar-refractivity contribution in [2.24, 2.45) is 5.92 Å². The van der Waals surface area contributed by atoms with Crippen molar-refractivity contribution in [3.8, 4) is 0 Å². The highest BCUT2D eigenvalue weighted by Gasteiger charge is 2.00. The quantitative estimate of drug-likeness (QED) is 0.560. The molecule has 1 atom stereocenters. The molecule has 0 aromatic rings. The van der Waals surface area contributed by atoms with E-state index in [2.05, 4.69) is 0 Å². The molecule has 8 heavy (non-hydrogen) atoms. The fraction of sp³-hybridized carbons (Fsp3) is 1.00. The standard InChI is InChI=1S/C6H14O2/c1-2-6(5-8)3-4-7/h6-8H,2-5H2,1H3/t6-/m1/s1. The monoisotopic (exact) mass is 118 g/mol. The third-order valence-electron chi connectivity index (χ3n) is 1.37. The molecule has 0 unspecified atom stereocenters. The molecule has 0 aromatic carbocycles. The van der Waals surface area contributed by atoms with E-state index < -0.39 is 0 Å². The number of aliphatic hydroxyl groups excluding tert-OH is 2. The summed E-state index contributed by atoms with van der Waals surface area (Å²) in [5, 5.41) is 16.9. The van der Waals surface area contributed by atoms with Crippen molar-refractivity contribution in [3.05, 3.63) is 0 Å². The van der Waals surface area contributed by atoms with Crippen LogP contribution < -0.4 is 0 Å². The van der Waals surface area contributed by atoms with Gasteiger partial charge in [0.15, 0.2) is 0 Å². The summed E-state index contributed by atoms with van der Waals surface area (Å²) in [6.07, 6.45) is 1.68. The average molecular weight is 118 g/mol. The third-order valence-corrected chi connectivity index (χ3v) is 1.37. The lowest BCUT2D eigenvalue weighted by Crippen LogP contribution is -2.05. The van der Waals surface area contributed by atoms with Gasteiger partial charge in [0.25, 0.3) is 0 Å². The molecule has 0 saturated heterocycles. The average Bonchev–Trinajstić information content (AvgIpc) is 1.83. The van der Waals surface area contributed by atoms with Gasteiger partial charge in [-0.15, -0.1) is 0 Å². The van der Waals surface area contributed by atoms with Gasteiger partial charge in [-0.05, 0) is 12.3 Å². The number of aliphatic hydroxyl groups is 2. The molecule has 0 aliphatic heterocycles. The Kier molecular flexibility index (Phi) is 5.01. The minimum Gasteiger partial charge on any atom is -0.396 e. The van der Waals surface area contributed by atoms with Crippen LogP contribution in [0.25, 0.3) is 0 Å². The fourth-order valence-electron chi connectivity index (χ4n) is 0.607. The highest BCUT2D eigenvalue weighted by atomic mass is 16.3. The summed E-state index contributed by atoms with van der Waals surface area (Å²) in [6.45, 7) is 2.41. The molecule has 0 aliphatic rings. The molecular weight excluding hydrogens is 104 g/mol. The maximum absolute atomic E-state index is 8.55. The van der Waals surface area contributed by atoms with Gasteiger partial charge in [-0.1, -0.05) is 13.3 Å². The second-order valence-corrected chi connectivity index (χ2v) is 1.97. The molecule has 0 rings (SSSR count). The third kappa shape index (κ3) is 2.99. The molecule has 0 fully saturated rings. The van der Waals surface area contributed by atoms with Crippen LogP contribution in [0.15, 0.2) is 0 Å². The fourth-order valence-corrected chi connectivity index (χ4v) is 0.607. The SMILES string of the molecule is CC[C@@H](CO)CCO. The zero-order chi connectivity index (χ0) is 6.41. The summed E-state index contributed by atoms with van der Waals surface area (Å²) in [6, 6.07) is 0. The first kappa shape index (κ1) is 7.92. The minimum absolute atomic E-state index is 0.194. The van der Waals surface area contributed by atoms with E-state index in [-0.39, 0.29) is 13.2 Å². The maximum Gasteiger partial charge on any atom is 0.0460 e. The van der Waals surface area contributed by atoms with Crippen molar-refractivity contribution in [3.63, 3.8) is 0 Å². The maximum atomic E-state index is 8.55. The van der Waals surface area contributed by atoms with Crippen LogP contribution in [0.5, 0.6) is 0 Å². The van der Waals surface area contributed by atoms with E-state index in [1.807, 2.05) is 6.92 Å². The van der Waals surface area contributed by atoms with Gasteiger partial charge in [-0.25, -0.2) is 0 Å². The minimum atomic E-state index is 0.194. The van der Waals surface area contributed by atoms with Gasteiger partial charge < -0.3 is 10.2 Å². The van der Waals surface area contributed by atoms with E-state index in [9.17, 15) is 0 Å². The van der Waals surface area contributed by atoms with Gasteiger partial charge in [-0.2, -0.15) is 0 Å². The Balaban J connectivity index is 3.07. The number of hydrogen-bond donors (Lipinski definition) is 2. The molecule has 0 saturated carbocycles. The van der Waals surface area contributed by atoms with Gasteiger partial charge in [0.1, 0.15) is 0 Å². The molecule has 0 aromatic heterocycles. The highest BCUT2D eigenvalue weighted by Crippen LogP contribution is 2.04. The van der Waals surface area contributed by atoms with Crippen LogP contribution in [0, 0.1) is 5.92 Å². The van der Waals surface area contributed by atoms with Crippen LogP contribution in [0.4, 0.5) is 0 Å². The van der Waals surface area contributed by atoms with Gasteiger partial charge in [-0.3, -0.25) is 0 Å². The van der Waals surface area contributed by atoms with Gasteiger partial charge in [0.2, 0.25) is 0 Å². The predicted octanol–water partition coefficient (Wildman–Crippen LogP) is 0.387. The number of hydrogen-bond acceptors (Lipinski definition) is 2. The predicted molar refractivity (Wildman–Crippen MR) is 32.6 cm³/mol. The van der Waals surface area contributed by atoms with Crippen LogP contribution >= 0.6 is 0 Å². The molecule has 0 amide bonds. The van der Waals surface area contributed by atoms with E-state index in [1.165, 1.54) is 0 Å². The molecular formula is C6H14O2.